The van der Waals surface area contributed by atoms with Crippen molar-refractivity contribution in [3.63, 3.8) is 0 Å². The maximum Gasteiger partial charge on any atom is 0.139 e. The number of hydrogen-bond acceptors (Lipinski definition) is 2. The minimum Gasteiger partial charge on any atom is -0.456 e. The molecule has 0 bridgehead atoms. The molecule has 0 amide bonds. The second-order valence-corrected chi connectivity index (χ2v) is 10.5. The van der Waals surface area contributed by atoms with Crippen molar-refractivity contribution in [2.75, 3.05) is 0 Å². The number of para-hydroxylation sites is 1. The molecule has 0 saturated carbocycles. The molecule has 2 heteroatoms. The predicted molar refractivity (Wildman–Crippen MR) is 167 cm³/mol. The Kier molecular flexibility index (Phi) is 4.36. The maximum absolute atomic E-state index is 6.62. The van der Waals surface area contributed by atoms with E-state index in [0.29, 0.717) is 0 Å². The van der Waals surface area contributed by atoms with Crippen molar-refractivity contribution in [1.29, 1.82) is 0 Å². The first-order chi connectivity index (χ1) is 19.8. The molecule has 9 rings (SSSR count). The van der Waals surface area contributed by atoms with Crippen LogP contribution in [0, 0.1) is 0 Å². The number of benzene rings is 7. The molecule has 0 unspecified atom stereocenters. The Hall–Kier alpha value is -5.34. The molecule has 2 nitrogen and oxygen atoms in total. The molecule has 7 aromatic carbocycles. The van der Waals surface area contributed by atoms with E-state index in [1.54, 1.807) is 0 Å². The van der Waals surface area contributed by atoms with Crippen LogP contribution in [-0.4, -0.2) is 0 Å². The molecule has 0 aliphatic rings. The lowest BCUT2D eigenvalue weighted by molar-refractivity contribution is 0.629. The monoisotopic (exact) mass is 510 g/mol. The summed E-state index contributed by atoms with van der Waals surface area (Å²) in [5.74, 6) is 0.865. The fraction of sp³-hybridized carbons (Fsp3) is 0. The van der Waals surface area contributed by atoms with Gasteiger partial charge in [-0.3, -0.25) is 0 Å². The molecule has 186 valence electrons. The predicted octanol–water partition coefficient (Wildman–Crippen LogP) is 11.1. The SMILES string of the molecule is c1ccc2cc(-c3c4ccccc4c(-c4cc5cc6c(cc5o4)oc4ccccc46)c4ccccc34)ccc2c1. The molecular weight excluding hydrogens is 488 g/mol. The summed E-state index contributed by atoms with van der Waals surface area (Å²) in [6.07, 6.45) is 0. The second kappa shape index (κ2) is 8.08. The molecule has 9 aromatic rings. The summed E-state index contributed by atoms with van der Waals surface area (Å²) in [5, 5.41) is 10.6. The Morgan fingerprint density at radius 1 is 0.325 bits per heavy atom. The van der Waals surface area contributed by atoms with Crippen LogP contribution in [0.15, 0.2) is 142 Å². The second-order valence-electron chi connectivity index (χ2n) is 10.5. The molecule has 0 atom stereocenters. The maximum atomic E-state index is 6.62. The van der Waals surface area contributed by atoms with Crippen molar-refractivity contribution < 1.29 is 8.83 Å². The molecule has 0 radical (unpaired) electrons. The van der Waals surface area contributed by atoms with E-state index >= 15 is 0 Å². The van der Waals surface area contributed by atoms with Gasteiger partial charge in [-0.05, 0) is 67.7 Å². The number of hydrogen-bond donors (Lipinski definition) is 0. The average molecular weight is 511 g/mol. The van der Waals surface area contributed by atoms with E-state index in [0.717, 1.165) is 44.2 Å². The van der Waals surface area contributed by atoms with Gasteiger partial charge in [0.15, 0.2) is 0 Å². The van der Waals surface area contributed by atoms with Crippen LogP contribution in [0.25, 0.3) is 87.7 Å². The molecule has 40 heavy (non-hydrogen) atoms. The Labute approximate surface area is 229 Å². The first kappa shape index (κ1) is 21.6. The summed E-state index contributed by atoms with van der Waals surface area (Å²) in [6, 6.07) is 47.3. The fourth-order valence-corrected chi connectivity index (χ4v) is 6.43. The standard InChI is InChI=1S/C38H22O2/c1-2-10-24-19-25(18-17-23(24)9-1)37-28-12-3-5-14-30(28)38(31-15-6-4-13-29(31)37)36-21-26-20-32-27-11-7-8-16-33(27)39-35(32)22-34(26)40-36/h1-22H. The highest BCUT2D eigenvalue weighted by atomic mass is 16.3. The van der Waals surface area contributed by atoms with Crippen molar-refractivity contribution in [2.24, 2.45) is 0 Å². The molecule has 2 heterocycles. The molecule has 2 aromatic heterocycles. The van der Waals surface area contributed by atoms with Gasteiger partial charge in [-0.15, -0.1) is 0 Å². The van der Waals surface area contributed by atoms with Gasteiger partial charge in [-0.2, -0.15) is 0 Å². The zero-order valence-electron chi connectivity index (χ0n) is 21.5. The van der Waals surface area contributed by atoms with Crippen LogP contribution in [0.3, 0.4) is 0 Å². The average Bonchev–Trinajstić information content (AvgIpc) is 3.58. The summed E-state index contributed by atoms with van der Waals surface area (Å²) in [7, 11) is 0. The fourth-order valence-electron chi connectivity index (χ4n) is 6.43. The molecule has 0 spiro atoms. The van der Waals surface area contributed by atoms with E-state index in [2.05, 4.69) is 115 Å². The molecule has 0 saturated heterocycles. The normalized spacial score (nSPS) is 12.0. The lowest BCUT2D eigenvalue weighted by Gasteiger charge is -2.16. The lowest BCUT2D eigenvalue weighted by Crippen LogP contribution is -1.90. The van der Waals surface area contributed by atoms with Crippen LogP contribution in [-0.2, 0) is 0 Å². The van der Waals surface area contributed by atoms with Gasteiger partial charge in [0.05, 0.1) is 0 Å². The van der Waals surface area contributed by atoms with Crippen molar-refractivity contribution in [1.82, 2.24) is 0 Å². The third-order valence-electron chi connectivity index (χ3n) is 8.23. The van der Waals surface area contributed by atoms with Gasteiger partial charge in [-0.25, -0.2) is 0 Å². The van der Waals surface area contributed by atoms with Gasteiger partial charge in [0.25, 0.3) is 0 Å². The summed E-state index contributed by atoms with van der Waals surface area (Å²) >= 11 is 0. The summed E-state index contributed by atoms with van der Waals surface area (Å²) < 4.78 is 12.8. The van der Waals surface area contributed by atoms with Crippen LogP contribution >= 0.6 is 0 Å². The first-order valence-corrected chi connectivity index (χ1v) is 13.6. The van der Waals surface area contributed by atoms with Crippen molar-refractivity contribution in [3.05, 3.63) is 133 Å². The van der Waals surface area contributed by atoms with Gasteiger partial charge in [0.2, 0.25) is 0 Å². The van der Waals surface area contributed by atoms with Crippen molar-refractivity contribution in [2.45, 2.75) is 0 Å². The highest BCUT2D eigenvalue weighted by molar-refractivity contribution is 6.22. The third kappa shape index (κ3) is 3.05. The van der Waals surface area contributed by atoms with Gasteiger partial charge in [0, 0.05) is 27.8 Å². The molecule has 0 aliphatic carbocycles. The van der Waals surface area contributed by atoms with Crippen LogP contribution in [0.5, 0.6) is 0 Å². The van der Waals surface area contributed by atoms with Crippen LogP contribution in [0.4, 0.5) is 0 Å². The Balaban J connectivity index is 1.35. The molecule has 0 N–H and O–H groups in total. The van der Waals surface area contributed by atoms with Gasteiger partial charge in [-0.1, -0.05) is 103 Å². The van der Waals surface area contributed by atoms with Crippen LogP contribution < -0.4 is 0 Å². The van der Waals surface area contributed by atoms with Gasteiger partial charge in [0.1, 0.15) is 22.5 Å². The Bertz CT molecular complexity index is 2380. The van der Waals surface area contributed by atoms with Gasteiger partial charge < -0.3 is 8.83 Å². The molecular formula is C38H22O2. The van der Waals surface area contributed by atoms with Crippen molar-refractivity contribution >= 4 is 65.2 Å². The van der Waals surface area contributed by atoms with E-state index in [9.17, 15) is 0 Å². The molecule has 0 aliphatic heterocycles. The van der Waals surface area contributed by atoms with Crippen LogP contribution in [0.1, 0.15) is 0 Å². The Morgan fingerprint density at radius 2 is 0.950 bits per heavy atom. The number of rotatable bonds is 2. The van der Waals surface area contributed by atoms with E-state index in [4.69, 9.17) is 8.83 Å². The zero-order chi connectivity index (χ0) is 26.2. The van der Waals surface area contributed by atoms with Crippen LogP contribution in [0.2, 0.25) is 0 Å². The zero-order valence-corrected chi connectivity index (χ0v) is 21.5. The molecule has 0 fully saturated rings. The van der Waals surface area contributed by atoms with Crippen molar-refractivity contribution in [3.8, 4) is 22.5 Å². The lowest BCUT2D eigenvalue weighted by atomic mass is 9.87. The topological polar surface area (TPSA) is 26.3 Å². The van der Waals surface area contributed by atoms with E-state index in [1.807, 2.05) is 18.2 Å². The summed E-state index contributed by atoms with van der Waals surface area (Å²) in [6.45, 7) is 0. The van der Waals surface area contributed by atoms with Gasteiger partial charge >= 0.3 is 0 Å². The van der Waals surface area contributed by atoms with E-state index in [1.165, 1.54) is 43.4 Å². The minimum absolute atomic E-state index is 0.827. The van der Waals surface area contributed by atoms with E-state index < -0.39 is 0 Å². The minimum atomic E-state index is 0.827. The number of fused-ring (bicyclic) bond motifs is 7. The summed E-state index contributed by atoms with van der Waals surface area (Å²) in [5.41, 5.74) is 6.15. The highest BCUT2D eigenvalue weighted by Crippen LogP contribution is 2.45. The largest absolute Gasteiger partial charge is 0.456 e. The van der Waals surface area contributed by atoms with E-state index in [-0.39, 0.29) is 0 Å². The third-order valence-corrected chi connectivity index (χ3v) is 8.23. The first-order valence-electron chi connectivity index (χ1n) is 13.6. The number of furan rings is 2. The highest BCUT2D eigenvalue weighted by Gasteiger charge is 2.20. The smallest absolute Gasteiger partial charge is 0.139 e. The quantitative estimate of drug-likeness (QED) is 0.216. The Morgan fingerprint density at radius 3 is 1.70 bits per heavy atom. The summed E-state index contributed by atoms with van der Waals surface area (Å²) in [4.78, 5) is 0.